The summed E-state index contributed by atoms with van der Waals surface area (Å²) < 4.78 is 10.4. The van der Waals surface area contributed by atoms with Gasteiger partial charge in [0.25, 0.3) is 0 Å². The van der Waals surface area contributed by atoms with E-state index in [-0.39, 0.29) is 10.9 Å². The van der Waals surface area contributed by atoms with Gasteiger partial charge in [-0.05, 0) is 26.0 Å². The molecule has 0 aliphatic carbocycles. The Hall–Kier alpha value is -1.82. The lowest BCUT2D eigenvalue weighted by Gasteiger charge is -2.22. The fourth-order valence-electron chi connectivity index (χ4n) is 1.51. The Morgan fingerprint density at radius 3 is 2.50 bits per heavy atom. The van der Waals surface area contributed by atoms with Crippen LogP contribution in [0.1, 0.15) is 19.4 Å². The summed E-state index contributed by atoms with van der Waals surface area (Å²) >= 11 is 4.90. The molecule has 0 saturated heterocycles. The number of benzene rings is 1. The number of carbonyl (C=O) groups excluding carboxylic acids is 1. The van der Waals surface area contributed by atoms with Crippen LogP contribution in [0.15, 0.2) is 18.2 Å². The van der Waals surface area contributed by atoms with E-state index in [1.807, 2.05) is 12.1 Å². The van der Waals surface area contributed by atoms with Gasteiger partial charge in [-0.3, -0.25) is 4.79 Å². The van der Waals surface area contributed by atoms with E-state index in [1.165, 1.54) is 0 Å². The molecule has 0 aromatic heterocycles. The molecule has 20 heavy (non-hydrogen) atoms. The number of methoxy groups -OCH3 is 2. The topological polar surface area (TPSA) is 73.6 Å². The molecule has 0 fully saturated rings. The Kier molecular flexibility index (Phi) is 5.33. The predicted molar refractivity (Wildman–Crippen MR) is 82.0 cm³/mol. The van der Waals surface area contributed by atoms with Crippen LogP contribution in [0.2, 0.25) is 0 Å². The van der Waals surface area contributed by atoms with Crippen LogP contribution in [0.5, 0.6) is 11.5 Å². The van der Waals surface area contributed by atoms with E-state index in [9.17, 15) is 4.79 Å². The molecule has 0 spiro atoms. The van der Waals surface area contributed by atoms with Gasteiger partial charge >= 0.3 is 0 Å². The molecule has 3 N–H and O–H groups in total. The van der Waals surface area contributed by atoms with Crippen LogP contribution >= 0.6 is 12.2 Å². The highest BCUT2D eigenvalue weighted by molar-refractivity contribution is 7.80. The third kappa shape index (κ3) is 3.60. The number of carbonyl (C=O) groups is 1. The van der Waals surface area contributed by atoms with Crippen molar-refractivity contribution < 1.29 is 14.3 Å². The Morgan fingerprint density at radius 1 is 1.35 bits per heavy atom. The van der Waals surface area contributed by atoms with Gasteiger partial charge in [-0.2, -0.15) is 0 Å². The van der Waals surface area contributed by atoms with Gasteiger partial charge in [0.1, 0.15) is 11.5 Å². The largest absolute Gasteiger partial charge is 0.497 e. The van der Waals surface area contributed by atoms with Gasteiger partial charge in [-0.25, -0.2) is 0 Å². The Labute approximate surface area is 124 Å². The van der Waals surface area contributed by atoms with Crippen molar-refractivity contribution in [1.29, 1.82) is 0 Å². The summed E-state index contributed by atoms with van der Waals surface area (Å²) in [4.78, 5) is 12.2. The summed E-state index contributed by atoms with van der Waals surface area (Å²) in [6, 6.07) is 5.41. The molecule has 5 nitrogen and oxygen atoms in total. The number of hydrogen-bond donors (Lipinski definition) is 2. The molecule has 0 heterocycles. The standard InChI is InChI=1S/C14H20N2O3S/c1-14(2,12(15)20)13(17)16-8-9-5-6-10(18-3)7-11(9)19-4/h5-7H,8H2,1-4H3,(H2,15,20)(H,16,17). The Morgan fingerprint density at radius 2 is 2.00 bits per heavy atom. The second-order valence-corrected chi connectivity index (χ2v) is 5.29. The van der Waals surface area contributed by atoms with E-state index >= 15 is 0 Å². The van der Waals surface area contributed by atoms with Crippen molar-refractivity contribution in [1.82, 2.24) is 5.32 Å². The summed E-state index contributed by atoms with van der Waals surface area (Å²) in [7, 11) is 3.15. The van der Waals surface area contributed by atoms with Gasteiger partial charge in [0.2, 0.25) is 5.91 Å². The first kappa shape index (κ1) is 16.2. The summed E-state index contributed by atoms with van der Waals surface area (Å²) in [5, 5.41) is 2.81. The van der Waals surface area contributed by atoms with Crippen LogP contribution < -0.4 is 20.5 Å². The van der Waals surface area contributed by atoms with Crippen LogP contribution in [0.3, 0.4) is 0 Å². The SMILES string of the molecule is COc1ccc(CNC(=O)C(C)(C)C(N)=S)c(OC)c1. The molecular formula is C14H20N2O3S. The molecule has 1 aromatic rings. The molecule has 0 aliphatic rings. The number of hydrogen-bond acceptors (Lipinski definition) is 4. The minimum absolute atomic E-state index is 0.164. The monoisotopic (exact) mass is 296 g/mol. The maximum Gasteiger partial charge on any atom is 0.232 e. The summed E-state index contributed by atoms with van der Waals surface area (Å²) in [5.41, 5.74) is 5.53. The molecule has 0 saturated carbocycles. The van der Waals surface area contributed by atoms with Crippen molar-refractivity contribution in [2.75, 3.05) is 14.2 Å². The van der Waals surface area contributed by atoms with Crippen molar-refractivity contribution >= 4 is 23.1 Å². The Bertz CT molecular complexity index is 515. The number of ether oxygens (including phenoxy) is 2. The van der Waals surface area contributed by atoms with E-state index in [0.717, 1.165) is 5.56 Å². The lowest BCUT2D eigenvalue weighted by atomic mass is 9.92. The normalized spacial score (nSPS) is 10.8. The number of nitrogens with one attached hydrogen (secondary N) is 1. The fourth-order valence-corrected chi connectivity index (χ4v) is 1.60. The molecule has 0 radical (unpaired) electrons. The van der Waals surface area contributed by atoms with E-state index in [0.29, 0.717) is 18.0 Å². The zero-order chi connectivity index (χ0) is 15.3. The third-order valence-electron chi connectivity index (χ3n) is 3.12. The Balaban J connectivity index is 2.80. The molecule has 0 atom stereocenters. The maximum atomic E-state index is 12.1. The van der Waals surface area contributed by atoms with Gasteiger partial charge in [0, 0.05) is 18.2 Å². The summed E-state index contributed by atoms with van der Waals surface area (Å²) in [6.45, 7) is 3.71. The number of amides is 1. The number of nitrogens with two attached hydrogens (primary N) is 1. The molecular weight excluding hydrogens is 276 g/mol. The van der Waals surface area contributed by atoms with Crippen LogP contribution in [0, 0.1) is 5.41 Å². The molecule has 6 heteroatoms. The van der Waals surface area contributed by atoms with Gasteiger partial charge < -0.3 is 20.5 Å². The highest BCUT2D eigenvalue weighted by atomic mass is 32.1. The second kappa shape index (κ2) is 6.56. The quantitative estimate of drug-likeness (QED) is 0.781. The van der Waals surface area contributed by atoms with Crippen molar-refractivity contribution in [3.63, 3.8) is 0 Å². The lowest BCUT2D eigenvalue weighted by molar-refractivity contribution is -0.126. The average molecular weight is 296 g/mol. The molecule has 1 rings (SSSR count). The van der Waals surface area contributed by atoms with Gasteiger partial charge in [-0.1, -0.05) is 12.2 Å². The van der Waals surface area contributed by atoms with Crippen LogP contribution in [0.25, 0.3) is 0 Å². The van der Waals surface area contributed by atoms with Crippen molar-refractivity contribution in [2.24, 2.45) is 11.1 Å². The van der Waals surface area contributed by atoms with Crippen LogP contribution in [-0.2, 0) is 11.3 Å². The van der Waals surface area contributed by atoms with Gasteiger partial charge in [0.15, 0.2) is 0 Å². The van der Waals surface area contributed by atoms with Crippen LogP contribution in [0.4, 0.5) is 0 Å². The molecule has 0 bridgehead atoms. The van der Waals surface area contributed by atoms with Crippen LogP contribution in [-0.4, -0.2) is 25.1 Å². The minimum atomic E-state index is -0.880. The van der Waals surface area contributed by atoms with Crippen molar-refractivity contribution in [2.45, 2.75) is 20.4 Å². The molecule has 110 valence electrons. The molecule has 1 amide bonds. The summed E-state index contributed by atoms with van der Waals surface area (Å²) in [5.74, 6) is 1.13. The highest BCUT2D eigenvalue weighted by Gasteiger charge is 2.30. The fraction of sp³-hybridized carbons (Fsp3) is 0.429. The van der Waals surface area contributed by atoms with E-state index in [1.54, 1.807) is 34.1 Å². The first-order valence-corrected chi connectivity index (χ1v) is 6.53. The van der Waals surface area contributed by atoms with Crippen molar-refractivity contribution in [3.05, 3.63) is 23.8 Å². The molecule has 0 aliphatic heterocycles. The lowest BCUT2D eigenvalue weighted by Crippen LogP contribution is -2.44. The maximum absolute atomic E-state index is 12.1. The third-order valence-corrected chi connectivity index (χ3v) is 3.63. The van der Waals surface area contributed by atoms with E-state index < -0.39 is 5.41 Å². The molecule has 1 aromatic carbocycles. The first-order valence-electron chi connectivity index (χ1n) is 6.12. The zero-order valence-corrected chi connectivity index (χ0v) is 13.0. The number of thiocarbonyl (C=S) groups is 1. The number of rotatable bonds is 6. The first-order chi connectivity index (χ1) is 9.32. The van der Waals surface area contributed by atoms with Gasteiger partial charge in [0.05, 0.1) is 24.6 Å². The minimum Gasteiger partial charge on any atom is -0.497 e. The highest BCUT2D eigenvalue weighted by Crippen LogP contribution is 2.25. The predicted octanol–water partition coefficient (Wildman–Crippen LogP) is 1.63. The van der Waals surface area contributed by atoms with Crippen molar-refractivity contribution in [3.8, 4) is 11.5 Å². The smallest absolute Gasteiger partial charge is 0.232 e. The molecule has 0 unspecified atom stereocenters. The van der Waals surface area contributed by atoms with E-state index in [4.69, 9.17) is 27.4 Å². The summed E-state index contributed by atoms with van der Waals surface area (Å²) in [6.07, 6.45) is 0. The average Bonchev–Trinajstić information content (AvgIpc) is 2.44. The zero-order valence-electron chi connectivity index (χ0n) is 12.1. The van der Waals surface area contributed by atoms with Gasteiger partial charge in [-0.15, -0.1) is 0 Å². The van der Waals surface area contributed by atoms with E-state index in [2.05, 4.69) is 5.32 Å². The second-order valence-electron chi connectivity index (χ2n) is 4.85.